The van der Waals surface area contributed by atoms with Gasteiger partial charge in [0.25, 0.3) is 0 Å². The minimum absolute atomic E-state index is 0.0202. The molecule has 0 bridgehead atoms. The number of hydrogen-bond donors (Lipinski definition) is 2. The quantitative estimate of drug-likeness (QED) is 0.110. The van der Waals surface area contributed by atoms with Crippen LogP contribution in [0.15, 0.2) is 67.8 Å². The number of anilines is 1. The molecule has 2 atom stereocenters. The van der Waals surface area contributed by atoms with Crippen LogP contribution < -0.4 is 11.4 Å². The zero-order valence-corrected chi connectivity index (χ0v) is 24.5. The fourth-order valence-corrected chi connectivity index (χ4v) is 6.27. The Morgan fingerprint density at radius 3 is 2.76 bits per heavy atom. The van der Waals surface area contributed by atoms with Gasteiger partial charge in [-0.1, -0.05) is 29.3 Å². The summed E-state index contributed by atoms with van der Waals surface area (Å²) in [6.07, 6.45) is 5.13. The number of benzene rings is 2. The van der Waals surface area contributed by atoms with Crippen LogP contribution in [-0.4, -0.2) is 49.3 Å². The van der Waals surface area contributed by atoms with E-state index >= 15 is 0 Å². The van der Waals surface area contributed by atoms with Gasteiger partial charge in [0.05, 0.1) is 25.3 Å². The van der Waals surface area contributed by atoms with Gasteiger partial charge in [-0.15, -0.1) is 0 Å². The molecule has 2 heterocycles. The number of hydrogen-bond acceptors (Lipinski definition) is 8. The number of dihydropyridines is 1. The molecule has 2 aliphatic rings. The molecule has 3 aromatic rings. The average molecular weight is 573 g/mol. The normalized spacial score (nSPS) is 19.2. The first-order valence-electron chi connectivity index (χ1n) is 14.9. The van der Waals surface area contributed by atoms with Crippen molar-refractivity contribution in [2.75, 3.05) is 32.1 Å². The Morgan fingerprint density at radius 1 is 1.10 bits per heavy atom. The van der Waals surface area contributed by atoms with E-state index in [9.17, 15) is 9.59 Å². The highest BCUT2D eigenvalue weighted by atomic mass is 16.5. The fraction of sp³-hybridized carbons (Fsp3) is 0.441. The summed E-state index contributed by atoms with van der Waals surface area (Å²) in [5.41, 5.74) is 13.5. The number of esters is 1. The summed E-state index contributed by atoms with van der Waals surface area (Å²) >= 11 is 0. The summed E-state index contributed by atoms with van der Waals surface area (Å²) < 4.78 is 16.8. The molecule has 0 amide bonds. The molecule has 8 nitrogen and oxygen atoms in total. The molecule has 1 aromatic heterocycles. The van der Waals surface area contributed by atoms with E-state index in [1.54, 1.807) is 6.07 Å². The van der Waals surface area contributed by atoms with E-state index < -0.39 is 0 Å². The highest BCUT2D eigenvalue weighted by molar-refractivity contribution is 6.05. The van der Waals surface area contributed by atoms with Crippen molar-refractivity contribution in [3.8, 4) is 11.1 Å². The maximum Gasteiger partial charge on any atom is 0.344 e. The molecule has 1 aliphatic carbocycles. The minimum atomic E-state index is -0.389. The highest BCUT2D eigenvalue weighted by Crippen LogP contribution is 2.37. The van der Waals surface area contributed by atoms with Gasteiger partial charge < -0.3 is 24.7 Å². The van der Waals surface area contributed by atoms with Crippen molar-refractivity contribution in [1.82, 2.24) is 0 Å². The van der Waals surface area contributed by atoms with Crippen molar-refractivity contribution >= 4 is 28.3 Å². The number of ether oxygens (including phenoxy) is 2. The van der Waals surface area contributed by atoms with Crippen molar-refractivity contribution in [2.24, 2.45) is 10.9 Å². The van der Waals surface area contributed by atoms with E-state index in [1.165, 1.54) is 11.1 Å². The summed E-state index contributed by atoms with van der Waals surface area (Å²) in [5.74, 6) is -0.0582. The standard InChI is InChI=1S/C34H40N2O6/c1-21-20-36-33(29-14-12-26(8-4-9-27(21)29)41-31(38)10-5-16-40-17-15-37)24-7-3-6-23(18-24)32-22(2)28-13-11-25(35)19-30(28)42-34(32)39/h3,6-7,11,13,18-19,26,29,37H,4-5,8-10,12,14-17,20,35H2,1-2H3. The lowest BCUT2D eigenvalue weighted by Crippen LogP contribution is -2.29. The summed E-state index contributed by atoms with van der Waals surface area (Å²) in [4.78, 5) is 30.7. The Kier molecular flexibility index (Phi) is 9.55. The van der Waals surface area contributed by atoms with Gasteiger partial charge in [-0.05, 0) is 87.3 Å². The number of allylic oxidation sites excluding steroid dienone is 1. The molecule has 5 rings (SSSR count). The van der Waals surface area contributed by atoms with Crippen LogP contribution in [0.25, 0.3) is 22.1 Å². The van der Waals surface area contributed by atoms with Gasteiger partial charge in [-0.25, -0.2) is 4.79 Å². The second-order valence-electron chi connectivity index (χ2n) is 11.3. The summed E-state index contributed by atoms with van der Waals surface area (Å²) in [6.45, 7) is 5.48. The Bertz CT molecular complexity index is 1570. The van der Waals surface area contributed by atoms with Crippen LogP contribution in [0.3, 0.4) is 0 Å². The number of carbonyl (C=O) groups is 1. The maximum absolute atomic E-state index is 13.1. The number of rotatable bonds is 9. The van der Waals surface area contributed by atoms with E-state index in [2.05, 4.69) is 19.1 Å². The summed E-state index contributed by atoms with van der Waals surface area (Å²) in [6, 6.07) is 13.4. The second kappa shape index (κ2) is 13.5. The molecule has 1 fully saturated rings. The molecular weight excluding hydrogens is 532 g/mol. The van der Waals surface area contributed by atoms with Crippen LogP contribution in [-0.2, 0) is 14.3 Å². The van der Waals surface area contributed by atoms with Crippen molar-refractivity contribution in [3.63, 3.8) is 0 Å². The van der Waals surface area contributed by atoms with E-state index in [1.807, 2.05) is 31.2 Å². The van der Waals surface area contributed by atoms with Crippen molar-refractivity contribution in [2.45, 2.75) is 64.9 Å². The lowest BCUT2D eigenvalue weighted by atomic mass is 9.77. The average Bonchev–Trinajstić information content (AvgIpc) is 2.95. The van der Waals surface area contributed by atoms with Crippen LogP contribution in [0.5, 0.6) is 0 Å². The Hall–Kier alpha value is -3.75. The lowest BCUT2D eigenvalue weighted by Gasteiger charge is -2.32. The molecular formula is C34H40N2O6. The van der Waals surface area contributed by atoms with Gasteiger partial charge in [-0.2, -0.15) is 0 Å². The van der Waals surface area contributed by atoms with Crippen molar-refractivity contribution < 1.29 is 23.8 Å². The van der Waals surface area contributed by atoms with Gasteiger partial charge in [-0.3, -0.25) is 9.79 Å². The summed E-state index contributed by atoms with van der Waals surface area (Å²) in [7, 11) is 0. The predicted molar refractivity (Wildman–Crippen MR) is 165 cm³/mol. The highest BCUT2D eigenvalue weighted by Gasteiger charge is 2.30. The number of nitrogen functional groups attached to an aromatic ring is 1. The number of aryl methyl sites for hydroxylation is 1. The number of fused-ring (bicyclic) bond motifs is 2. The van der Waals surface area contributed by atoms with Crippen LogP contribution in [0.4, 0.5) is 5.69 Å². The van der Waals surface area contributed by atoms with Crippen LogP contribution in [0, 0.1) is 12.8 Å². The van der Waals surface area contributed by atoms with E-state index in [4.69, 9.17) is 29.7 Å². The first kappa shape index (κ1) is 29.7. The lowest BCUT2D eigenvalue weighted by molar-refractivity contribution is -0.150. The molecule has 42 heavy (non-hydrogen) atoms. The third-order valence-electron chi connectivity index (χ3n) is 8.38. The Labute approximate surface area is 246 Å². The smallest absolute Gasteiger partial charge is 0.344 e. The zero-order valence-electron chi connectivity index (χ0n) is 24.5. The first-order valence-corrected chi connectivity index (χ1v) is 14.9. The molecule has 2 unspecified atom stereocenters. The van der Waals surface area contributed by atoms with Gasteiger partial charge in [0, 0.05) is 41.8 Å². The molecule has 0 radical (unpaired) electrons. The number of nitrogens with zero attached hydrogens (tertiary/aromatic N) is 1. The van der Waals surface area contributed by atoms with Gasteiger partial charge >= 0.3 is 11.6 Å². The molecule has 222 valence electrons. The molecule has 0 saturated heterocycles. The third-order valence-corrected chi connectivity index (χ3v) is 8.38. The fourth-order valence-electron chi connectivity index (χ4n) is 6.27. The summed E-state index contributed by atoms with van der Waals surface area (Å²) in [5, 5.41) is 9.67. The van der Waals surface area contributed by atoms with Crippen LogP contribution in [0.2, 0.25) is 0 Å². The first-order chi connectivity index (χ1) is 20.4. The zero-order chi connectivity index (χ0) is 29.6. The Balaban J connectivity index is 1.35. The number of aliphatic hydroxyl groups is 1. The van der Waals surface area contributed by atoms with Gasteiger partial charge in [0.15, 0.2) is 0 Å². The molecule has 0 spiro atoms. The second-order valence-corrected chi connectivity index (χ2v) is 11.3. The largest absolute Gasteiger partial charge is 0.462 e. The molecule has 2 aromatic carbocycles. The van der Waals surface area contributed by atoms with E-state index in [0.29, 0.717) is 42.8 Å². The Morgan fingerprint density at radius 2 is 1.93 bits per heavy atom. The number of aliphatic hydroxyl groups excluding tert-OH is 1. The maximum atomic E-state index is 13.1. The topological polar surface area (TPSA) is 124 Å². The van der Waals surface area contributed by atoms with E-state index in [0.717, 1.165) is 59.9 Å². The number of aliphatic imine (C=N–C) groups is 1. The molecule has 3 N–H and O–H groups in total. The molecule has 1 saturated carbocycles. The third kappa shape index (κ3) is 6.66. The minimum Gasteiger partial charge on any atom is -0.462 e. The molecule has 1 aliphatic heterocycles. The van der Waals surface area contributed by atoms with Gasteiger partial charge in [0.2, 0.25) is 0 Å². The predicted octanol–water partition coefficient (Wildman–Crippen LogP) is 5.75. The van der Waals surface area contributed by atoms with Crippen LogP contribution >= 0.6 is 0 Å². The molecule has 8 heteroatoms. The van der Waals surface area contributed by atoms with Crippen LogP contribution in [0.1, 0.15) is 63.0 Å². The van der Waals surface area contributed by atoms with Crippen molar-refractivity contribution in [1.29, 1.82) is 0 Å². The van der Waals surface area contributed by atoms with Gasteiger partial charge in [0.1, 0.15) is 11.7 Å². The SMILES string of the molecule is CC1=C2CCCC(OC(=O)CCCOCCO)CCC2C(c2cccc(-c3c(C)c4ccc(N)cc4oc3=O)c2)=NC1. The number of nitrogens with two attached hydrogens (primary N) is 1. The van der Waals surface area contributed by atoms with Crippen molar-refractivity contribution in [3.05, 3.63) is 75.2 Å². The van der Waals surface area contributed by atoms with E-state index in [-0.39, 0.29) is 36.8 Å². The monoisotopic (exact) mass is 572 g/mol. The number of carbonyl (C=O) groups excluding carboxylic acids is 1.